The Kier molecular flexibility index (Phi) is 7.30. The molecule has 0 heterocycles. The van der Waals surface area contributed by atoms with Crippen molar-refractivity contribution in [3.05, 3.63) is 35.6 Å². The van der Waals surface area contributed by atoms with Crippen LogP contribution < -0.4 is 5.73 Å². The highest BCUT2D eigenvalue weighted by molar-refractivity contribution is 5.85. The fraction of sp³-hybridized carbons (Fsp3) is 0.588. The van der Waals surface area contributed by atoms with Gasteiger partial charge in [0.05, 0.1) is 0 Å². The second kappa shape index (κ2) is 8.49. The minimum atomic E-state index is -0.263. The number of nitrogens with two attached hydrogens (primary N) is 1. The average molecular weight is 329 g/mol. The number of carbonyl (C=O) groups excluding carboxylic acids is 1. The lowest BCUT2D eigenvalue weighted by Crippen LogP contribution is -2.39. The third-order valence-electron chi connectivity index (χ3n) is 4.34. The molecule has 0 unspecified atom stereocenters. The SMILES string of the molecule is CC(C)N(Cc1cccc(F)c1)C(=O)C[C@@H]1CCC[C@H]1N.Cl. The quantitative estimate of drug-likeness (QED) is 0.899. The molecule has 124 valence electrons. The van der Waals surface area contributed by atoms with Gasteiger partial charge in [-0.1, -0.05) is 18.6 Å². The van der Waals surface area contributed by atoms with E-state index in [0.29, 0.717) is 18.9 Å². The summed E-state index contributed by atoms with van der Waals surface area (Å²) in [6, 6.07) is 6.69. The van der Waals surface area contributed by atoms with Crippen molar-refractivity contribution < 1.29 is 9.18 Å². The fourth-order valence-corrected chi connectivity index (χ4v) is 3.05. The minimum absolute atomic E-state index is 0. The Bertz CT molecular complexity index is 495. The topological polar surface area (TPSA) is 46.3 Å². The lowest BCUT2D eigenvalue weighted by molar-refractivity contribution is -0.134. The first-order chi connectivity index (χ1) is 9.97. The molecular weight excluding hydrogens is 303 g/mol. The molecular formula is C17H26ClFN2O. The van der Waals surface area contributed by atoms with Crippen molar-refractivity contribution in [2.24, 2.45) is 11.7 Å². The predicted octanol–water partition coefficient (Wildman–Crippen LogP) is 3.50. The zero-order chi connectivity index (χ0) is 15.4. The van der Waals surface area contributed by atoms with Crippen molar-refractivity contribution in [1.82, 2.24) is 4.90 Å². The van der Waals surface area contributed by atoms with E-state index < -0.39 is 0 Å². The van der Waals surface area contributed by atoms with Gasteiger partial charge in [0.15, 0.2) is 0 Å². The predicted molar refractivity (Wildman–Crippen MR) is 89.3 cm³/mol. The summed E-state index contributed by atoms with van der Waals surface area (Å²) in [7, 11) is 0. The second-order valence-corrected chi connectivity index (χ2v) is 6.30. The van der Waals surface area contributed by atoms with E-state index in [2.05, 4.69) is 0 Å². The first-order valence-corrected chi connectivity index (χ1v) is 7.77. The van der Waals surface area contributed by atoms with Crippen molar-refractivity contribution in [3.63, 3.8) is 0 Å². The Morgan fingerprint density at radius 2 is 2.14 bits per heavy atom. The van der Waals surface area contributed by atoms with E-state index in [-0.39, 0.29) is 36.2 Å². The zero-order valence-electron chi connectivity index (χ0n) is 13.3. The van der Waals surface area contributed by atoms with E-state index >= 15 is 0 Å². The molecule has 0 radical (unpaired) electrons. The molecule has 5 heteroatoms. The third-order valence-corrected chi connectivity index (χ3v) is 4.34. The summed E-state index contributed by atoms with van der Waals surface area (Å²) in [5.74, 6) is 0.157. The zero-order valence-corrected chi connectivity index (χ0v) is 14.1. The van der Waals surface area contributed by atoms with Crippen LogP contribution >= 0.6 is 12.4 Å². The fourth-order valence-electron chi connectivity index (χ4n) is 3.05. The van der Waals surface area contributed by atoms with Crippen LogP contribution in [-0.2, 0) is 11.3 Å². The van der Waals surface area contributed by atoms with Gasteiger partial charge in [-0.3, -0.25) is 4.79 Å². The Labute approximate surface area is 138 Å². The number of rotatable bonds is 5. The number of carbonyl (C=O) groups is 1. The maximum absolute atomic E-state index is 13.3. The van der Waals surface area contributed by atoms with E-state index in [0.717, 1.165) is 24.8 Å². The highest BCUT2D eigenvalue weighted by Gasteiger charge is 2.28. The Morgan fingerprint density at radius 3 is 2.68 bits per heavy atom. The van der Waals surface area contributed by atoms with Crippen molar-refractivity contribution in [2.75, 3.05) is 0 Å². The molecule has 0 bridgehead atoms. The number of amides is 1. The van der Waals surface area contributed by atoms with Crippen molar-refractivity contribution >= 4 is 18.3 Å². The number of nitrogens with zero attached hydrogens (tertiary/aromatic N) is 1. The van der Waals surface area contributed by atoms with Gasteiger partial charge in [-0.15, -0.1) is 12.4 Å². The van der Waals surface area contributed by atoms with Gasteiger partial charge in [0.25, 0.3) is 0 Å². The number of halogens is 2. The van der Waals surface area contributed by atoms with E-state index in [1.807, 2.05) is 24.8 Å². The van der Waals surface area contributed by atoms with Gasteiger partial charge < -0.3 is 10.6 Å². The molecule has 0 aliphatic heterocycles. The van der Waals surface area contributed by atoms with Crippen LogP contribution in [0.4, 0.5) is 4.39 Å². The largest absolute Gasteiger partial charge is 0.336 e. The normalized spacial score (nSPS) is 20.8. The van der Waals surface area contributed by atoms with Crippen molar-refractivity contribution in [2.45, 2.75) is 58.2 Å². The molecule has 1 aromatic carbocycles. The summed E-state index contributed by atoms with van der Waals surface area (Å²) in [5, 5.41) is 0. The van der Waals surface area contributed by atoms with E-state index in [4.69, 9.17) is 5.73 Å². The van der Waals surface area contributed by atoms with Crippen LogP contribution in [0.15, 0.2) is 24.3 Å². The number of hydrogen-bond acceptors (Lipinski definition) is 2. The Hall–Kier alpha value is -1.13. The smallest absolute Gasteiger partial charge is 0.223 e. The van der Waals surface area contributed by atoms with E-state index in [1.165, 1.54) is 12.1 Å². The van der Waals surface area contributed by atoms with Crippen LogP contribution in [0.1, 0.15) is 45.1 Å². The second-order valence-electron chi connectivity index (χ2n) is 6.30. The summed E-state index contributed by atoms with van der Waals surface area (Å²) in [5.41, 5.74) is 6.88. The van der Waals surface area contributed by atoms with Gasteiger partial charge in [0, 0.05) is 25.0 Å². The summed E-state index contributed by atoms with van der Waals surface area (Å²) >= 11 is 0. The van der Waals surface area contributed by atoms with Crippen LogP contribution in [0.3, 0.4) is 0 Å². The first kappa shape index (κ1) is 18.9. The molecule has 0 aromatic heterocycles. The molecule has 0 spiro atoms. The highest BCUT2D eigenvalue weighted by atomic mass is 35.5. The van der Waals surface area contributed by atoms with Gasteiger partial charge >= 0.3 is 0 Å². The number of hydrogen-bond donors (Lipinski definition) is 1. The first-order valence-electron chi connectivity index (χ1n) is 7.77. The van der Waals surface area contributed by atoms with Crippen LogP contribution in [0, 0.1) is 11.7 Å². The summed E-state index contributed by atoms with van der Waals surface area (Å²) in [6.07, 6.45) is 3.68. The summed E-state index contributed by atoms with van der Waals surface area (Å²) in [4.78, 5) is 14.4. The molecule has 2 N–H and O–H groups in total. The van der Waals surface area contributed by atoms with Gasteiger partial charge in [0.2, 0.25) is 5.91 Å². The summed E-state index contributed by atoms with van der Waals surface area (Å²) < 4.78 is 13.3. The maximum Gasteiger partial charge on any atom is 0.223 e. The molecule has 1 amide bonds. The van der Waals surface area contributed by atoms with Gasteiger partial charge in [-0.25, -0.2) is 4.39 Å². The van der Waals surface area contributed by atoms with E-state index in [1.54, 1.807) is 6.07 Å². The minimum Gasteiger partial charge on any atom is -0.336 e. The molecule has 1 aliphatic carbocycles. The van der Waals surface area contributed by atoms with Crippen LogP contribution in [0.2, 0.25) is 0 Å². The summed E-state index contributed by atoms with van der Waals surface area (Å²) in [6.45, 7) is 4.44. The molecule has 1 fully saturated rings. The van der Waals surface area contributed by atoms with Gasteiger partial charge in [-0.05, 0) is 50.3 Å². The third kappa shape index (κ3) is 4.96. The van der Waals surface area contributed by atoms with Crippen molar-refractivity contribution in [1.29, 1.82) is 0 Å². The maximum atomic E-state index is 13.3. The molecule has 1 aromatic rings. The molecule has 22 heavy (non-hydrogen) atoms. The van der Waals surface area contributed by atoms with Crippen LogP contribution in [0.5, 0.6) is 0 Å². The number of benzene rings is 1. The van der Waals surface area contributed by atoms with E-state index in [9.17, 15) is 9.18 Å². The molecule has 3 nitrogen and oxygen atoms in total. The van der Waals surface area contributed by atoms with Gasteiger partial charge in [-0.2, -0.15) is 0 Å². The Morgan fingerprint density at radius 1 is 1.41 bits per heavy atom. The van der Waals surface area contributed by atoms with Crippen LogP contribution in [0.25, 0.3) is 0 Å². The molecule has 1 aliphatic rings. The lowest BCUT2D eigenvalue weighted by Gasteiger charge is -2.29. The average Bonchev–Trinajstić information content (AvgIpc) is 2.81. The van der Waals surface area contributed by atoms with Gasteiger partial charge in [0.1, 0.15) is 5.82 Å². The monoisotopic (exact) mass is 328 g/mol. The lowest BCUT2D eigenvalue weighted by atomic mass is 9.99. The standard InChI is InChI=1S/C17H25FN2O.ClH/c1-12(2)20(11-13-5-3-7-15(18)9-13)17(21)10-14-6-4-8-16(14)19;/h3,5,7,9,12,14,16H,4,6,8,10-11,19H2,1-2H3;1H/t14-,16+;/m0./s1. The van der Waals surface area contributed by atoms with Crippen molar-refractivity contribution in [3.8, 4) is 0 Å². The molecule has 0 saturated heterocycles. The molecule has 2 atom stereocenters. The molecule has 1 saturated carbocycles. The molecule has 2 rings (SSSR count). The highest BCUT2D eigenvalue weighted by Crippen LogP contribution is 2.28. The Balaban J connectivity index is 0.00000242. The van der Waals surface area contributed by atoms with Crippen LogP contribution in [-0.4, -0.2) is 22.9 Å².